The Morgan fingerprint density at radius 2 is 2.02 bits per heavy atom. The number of likely N-dealkylation sites (tertiary alicyclic amines) is 1. The maximum absolute atomic E-state index is 13.2. The number of carbonyl (C=O) groups excluding carboxylic acids is 1. The molecule has 0 radical (unpaired) electrons. The van der Waals surface area contributed by atoms with E-state index < -0.39 is 0 Å². The van der Waals surface area contributed by atoms with Gasteiger partial charge >= 0.3 is 6.03 Å². The van der Waals surface area contributed by atoms with Gasteiger partial charge in [0.05, 0.1) is 53.8 Å². The number of urea groups is 1. The minimum atomic E-state index is -0.304. The summed E-state index contributed by atoms with van der Waals surface area (Å²) in [6.07, 6.45) is 10.2. The summed E-state index contributed by atoms with van der Waals surface area (Å²) in [5.74, 6) is 1.55. The Morgan fingerprint density at radius 3 is 2.77 bits per heavy atom. The molecule has 1 aliphatic carbocycles. The summed E-state index contributed by atoms with van der Waals surface area (Å²) in [5, 5.41) is 23.7. The van der Waals surface area contributed by atoms with Gasteiger partial charge in [0.15, 0.2) is 0 Å². The molecule has 2 amide bonds. The van der Waals surface area contributed by atoms with Gasteiger partial charge in [-0.05, 0) is 50.3 Å². The van der Waals surface area contributed by atoms with Crippen LogP contribution in [0.1, 0.15) is 37.7 Å². The normalized spacial score (nSPS) is 25.5. The molecule has 0 N–H and O–H groups in total. The van der Waals surface area contributed by atoms with Gasteiger partial charge in [0.25, 0.3) is 0 Å². The van der Waals surface area contributed by atoms with Crippen LogP contribution in [0.5, 0.6) is 5.75 Å². The van der Waals surface area contributed by atoms with Gasteiger partial charge in [0.2, 0.25) is 0 Å². The second-order valence-corrected chi connectivity index (χ2v) is 12.7. The molecular weight excluding hydrogens is 558 g/mol. The molecule has 5 saturated heterocycles. The summed E-state index contributed by atoms with van der Waals surface area (Å²) in [4.78, 5) is 26.4. The molecule has 3 unspecified atom stereocenters. The van der Waals surface area contributed by atoms with E-state index in [9.17, 15) is 15.3 Å². The molecule has 8 heterocycles. The Labute approximate surface area is 255 Å². The van der Waals surface area contributed by atoms with E-state index in [-0.39, 0.29) is 29.8 Å². The number of carbonyl (C=O) groups is 1. The first-order valence-corrected chi connectivity index (χ1v) is 15.6. The summed E-state index contributed by atoms with van der Waals surface area (Å²) < 4.78 is 13.9. The molecule has 1 spiro atoms. The number of rotatable bonds is 6. The number of ether oxygens (including phenoxy) is 2. The van der Waals surface area contributed by atoms with Crippen molar-refractivity contribution in [1.29, 1.82) is 10.5 Å². The fraction of sp³-hybridized carbons (Fsp3) is 0.531. The van der Waals surface area contributed by atoms with Crippen LogP contribution in [0.4, 0.5) is 10.6 Å². The summed E-state index contributed by atoms with van der Waals surface area (Å²) in [6.45, 7) is 6.16. The number of aromatic nitrogens is 3. The highest BCUT2D eigenvalue weighted by atomic mass is 16.5. The zero-order chi connectivity index (χ0) is 29.8. The highest BCUT2D eigenvalue weighted by molar-refractivity contribution is 5.85. The number of nitriles is 2. The first kappa shape index (κ1) is 27.2. The van der Waals surface area contributed by atoms with Gasteiger partial charge in [-0.25, -0.2) is 14.3 Å². The Bertz CT molecular complexity index is 1660. The fourth-order valence-corrected chi connectivity index (χ4v) is 7.45. The van der Waals surface area contributed by atoms with E-state index in [2.05, 4.69) is 27.0 Å². The third kappa shape index (κ3) is 4.70. The number of pyridine rings is 2. The largest absolute Gasteiger partial charge is 0.491 e. The summed E-state index contributed by atoms with van der Waals surface area (Å²) in [7, 11) is 0. The van der Waals surface area contributed by atoms with Crippen molar-refractivity contribution in [3.05, 3.63) is 42.4 Å². The Morgan fingerprint density at radius 1 is 1.16 bits per heavy atom. The minimum Gasteiger partial charge on any atom is -0.491 e. The Hall–Kier alpha value is -4.39. The van der Waals surface area contributed by atoms with Crippen molar-refractivity contribution >= 4 is 17.4 Å². The predicted molar refractivity (Wildman–Crippen MR) is 160 cm³/mol. The van der Waals surface area contributed by atoms with Crippen molar-refractivity contribution in [2.75, 3.05) is 57.4 Å². The van der Waals surface area contributed by atoms with Crippen LogP contribution in [-0.2, 0) is 4.74 Å². The van der Waals surface area contributed by atoms with Crippen LogP contribution >= 0.6 is 0 Å². The van der Waals surface area contributed by atoms with Crippen LogP contribution in [0.15, 0.2) is 36.8 Å². The van der Waals surface area contributed by atoms with Crippen LogP contribution in [0.2, 0.25) is 0 Å². The van der Waals surface area contributed by atoms with Crippen LogP contribution in [0.25, 0.3) is 16.6 Å². The number of hydrogen-bond donors (Lipinski definition) is 0. The van der Waals surface area contributed by atoms with Gasteiger partial charge in [-0.3, -0.25) is 4.90 Å². The van der Waals surface area contributed by atoms with E-state index in [4.69, 9.17) is 14.5 Å². The van der Waals surface area contributed by atoms with Crippen molar-refractivity contribution in [2.45, 2.75) is 55.8 Å². The summed E-state index contributed by atoms with van der Waals surface area (Å²) in [6, 6.07) is 10.5. The third-order valence-corrected chi connectivity index (χ3v) is 9.96. The van der Waals surface area contributed by atoms with Gasteiger partial charge in [-0.1, -0.05) is 0 Å². The standard InChI is InChI=1S/C32H35N9O3/c33-14-23-17-36-40-20-27(43-10-8-37-9-11-44-32(21-37)5-6-32)13-28(30(23)40)22-3-4-29(35-16-22)38-18-25-12-26(19-38)41(25)31(42)39-7-1-2-24(39)15-34/h3-4,13,16-17,20,24-26H,1-2,5-12,18-19,21H2. The van der Waals surface area contributed by atoms with E-state index in [1.807, 2.05) is 35.5 Å². The molecule has 12 nitrogen and oxygen atoms in total. The smallest absolute Gasteiger partial charge is 0.321 e. The molecule has 6 fully saturated rings. The Balaban J connectivity index is 0.966. The molecule has 12 heteroatoms. The van der Waals surface area contributed by atoms with E-state index >= 15 is 0 Å². The number of piperidine rings is 1. The number of fused-ring (bicyclic) bond motifs is 3. The molecule has 3 aromatic rings. The van der Waals surface area contributed by atoms with Crippen molar-refractivity contribution in [3.8, 4) is 29.0 Å². The molecule has 1 saturated carbocycles. The second-order valence-electron chi connectivity index (χ2n) is 12.7. The quantitative estimate of drug-likeness (QED) is 0.424. The fourth-order valence-electron chi connectivity index (χ4n) is 7.45. The molecule has 9 rings (SSSR count). The summed E-state index contributed by atoms with van der Waals surface area (Å²) in [5.41, 5.74) is 3.03. The van der Waals surface area contributed by atoms with E-state index in [1.54, 1.807) is 15.6 Å². The molecule has 2 bridgehead atoms. The lowest BCUT2D eigenvalue weighted by molar-refractivity contribution is -0.0483. The number of hydrogen-bond acceptors (Lipinski definition) is 9. The van der Waals surface area contributed by atoms with Crippen molar-refractivity contribution in [1.82, 2.24) is 29.3 Å². The lowest BCUT2D eigenvalue weighted by Gasteiger charge is -2.57. The van der Waals surface area contributed by atoms with Crippen LogP contribution < -0.4 is 9.64 Å². The zero-order valence-corrected chi connectivity index (χ0v) is 24.6. The summed E-state index contributed by atoms with van der Waals surface area (Å²) >= 11 is 0. The average Bonchev–Trinajstić information content (AvgIpc) is 3.42. The molecule has 44 heavy (non-hydrogen) atoms. The first-order chi connectivity index (χ1) is 21.5. The average molecular weight is 594 g/mol. The van der Waals surface area contributed by atoms with Gasteiger partial charge in [0, 0.05) is 56.6 Å². The minimum absolute atomic E-state index is 0.00950. The van der Waals surface area contributed by atoms with Gasteiger partial charge in [-0.15, -0.1) is 0 Å². The zero-order valence-electron chi connectivity index (χ0n) is 24.6. The van der Waals surface area contributed by atoms with Crippen molar-refractivity contribution < 1.29 is 14.3 Å². The lowest BCUT2D eigenvalue weighted by atomic mass is 9.87. The molecule has 3 atom stereocenters. The second kappa shape index (κ2) is 10.7. The highest BCUT2D eigenvalue weighted by Crippen LogP contribution is 2.42. The number of morpholine rings is 1. The van der Waals surface area contributed by atoms with E-state index in [0.717, 1.165) is 93.9 Å². The molecule has 3 aromatic heterocycles. The predicted octanol–water partition coefficient (Wildman–Crippen LogP) is 2.88. The van der Waals surface area contributed by atoms with E-state index in [1.165, 1.54) is 0 Å². The van der Waals surface area contributed by atoms with E-state index in [0.29, 0.717) is 24.5 Å². The van der Waals surface area contributed by atoms with Crippen molar-refractivity contribution in [3.63, 3.8) is 0 Å². The number of anilines is 1. The molecule has 0 aromatic carbocycles. The van der Waals surface area contributed by atoms with Gasteiger partial charge < -0.3 is 24.2 Å². The first-order valence-electron chi connectivity index (χ1n) is 15.6. The monoisotopic (exact) mass is 593 g/mol. The number of nitrogens with zero attached hydrogens (tertiary/aromatic N) is 9. The third-order valence-electron chi connectivity index (χ3n) is 9.96. The molecule has 6 aliphatic rings. The highest BCUT2D eigenvalue weighted by Gasteiger charge is 2.50. The van der Waals surface area contributed by atoms with Crippen LogP contribution in [0.3, 0.4) is 0 Å². The maximum atomic E-state index is 13.2. The maximum Gasteiger partial charge on any atom is 0.321 e. The lowest BCUT2D eigenvalue weighted by Crippen LogP contribution is -2.72. The molecule has 5 aliphatic heterocycles. The van der Waals surface area contributed by atoms with Crippen LogP contribution in [-0.4, -0.2) is 112 Å². The van der Waals surface area contributed by atoms with Gasteiger partial charge in [-0.2, -0.15) is 15.6 Å². The number of amides is 2. The number of piperazine rings is 1. The molecular formula is C32H35N9O3. The topological polar surface area (TPSA) is 126 Å². The molecule has 226 valence electrons. The SMILES string of the molecule is N#Cc1cnn2cc(OCCN3CCOC4(CC4)C3)cc(-c3ccc(N4CC5CC(C4)N5C(=O)N4CCCC4C#N)nc3)c12. The van der Waals surface area contributed by atoms with Gasteiger partial charge in [0.1, 0.15) is 30.3 Å². The Kier molecular flexibility index (Phi) is 6.58. The van der Waals surface area contributed by atoms with Crippen LogP contribution in [0, 0.1) is 22.7 Å². The van der Waals surface area contributed by atoms with Crippen molar-refractivity contribution in [2.24, 2.45) is 0 Å².